The van der Waals surface area contributed by atoms with Crippen LogP contribution in [0.3, 0.4) is 0 Å². The van der Waals surface area contributed by atoms with E-state index in [4.69, 9.17) is 0 Å². The predicted octanol–water partition coefficient (Wildman–Crippen LogP) is 3.76. The van der Waals surface area contributed by atoms with Crippen molar-refractivity contribution in [3.05, 3.63) is 56.7 Å². The lowest BCUT2D eigenvalue weighted by Gasteiger charge is -1.99. The van der Waals surface area contributed by atoms with E-state index in [-0.39, 0.29) is 11.8 Å². The van der Waals surface area contributed by atoms with Crippen molar-refractivity contribution in [2.24, 2.45) is 11.0 Å². The number of amides is 1. The molecular formula is C15H13BrN2OS. The van der Waals surface area contributed by atoms with Gasteiger partial charge in [0, 0.05) is 10.8 Å². The Balaban J connectivity index is 1.53. The van der Waals surface area contributed by atoms with Gasteiger partial charge in [0.15, 0.2) is 0 Å². The van der Waals surface area contributed by atoms with Crippen molar-refractivity contribution < 1.29 is 4.79 Å². The standard InChI is InChI=1S/C15H13BrN2OS/c16-14-7-6-11(20-14)9-17-18-15(19)13-8-12(13)10-4-2-1-3-5-10/h1-7,9,12-13H,8H2,(H,18,19)/b17-9-/t12-,13-/m1/s1. The van der Waals surface area contributed by atoms with Crippen LogP contribution >= 0.6 is 27.3 Å². The van der Waals surface area contributed by atoms with Gasteiger partial charge in [0.25, 0.3) is 0 Å². The Hall–Kier alpha value is -1.46. The fourth-order valence-corrected chi connectivity index (χ4v) is 3.49. The van der Waals surface area contributed by atoms with Crippen LogP contribution in [0.1, 0.15) is 22.8 Å². The summed E-state index contributed by atoms with van der Waals surface area (Å²) in [6, 6.07) is 14.1. The Kier molecular flexibility index (Phi) is 3.98. The van der Waals surface area contributed by atoms with E-state index >= 15 is 0 Å². The average Bonchev–Trinajstić information content (AvgIpc) is 3.17. The number of benzene rings is 1. The second-order valence-electron chi connectivity index (χ2n) is 4.74. The lowest BCUT2D eigenvalue weighted by atomic mass is 10.1. The van der Waals surface area contributed by atoms with Crippen molar-refractivity contribution in [2.75, 3.05) is 0 Å². The SMILES string of the molecule is O=C(N/N=C\c1ccc(Br)s1)[C@@H]1C[C@@H]1c1ccccc1. The summed E-state index contributed by atoms with van der Waals surface area (Å²) in [5, 5.41) is 4.01. The van der Waals surface area contributed by atoms with Crippen LogP contribution in [0.15, 0.2) is 51.4 Å². The van der Waals surface area contributed by atoms with E-state index in [0.29, 0.717) is 5.92 Å². The van der Waals surface area contributed by atoms with Crippen LogP contribution in [0.5, 0.6) is 0 Å². The lowest BCUT2D eigenvalue weighted by molar-refractivity contribution is -0.122. The van der Waals surface area contributed by atoms with E-state index in [0.717, 1.165) is 15.1 Å². The molecule has 3 rings (SSSR count). The smallest absolute Gasteiger partial charge is 0.243 e. The molecule has 1 amide bonds. The van der Waals surface area contributed by atoms with Gasteiger partial charge in [-0.1, -0.05) is 30.3 Å². The first-order chi connectivity index (χ1) is 9.74. The maximum Gasteiger partial charge on any atom is 0.243 e. The van der Waals surface area contributed by atoms with E-state index in [9.17, 15) is 4.79 Å². The Labute approximate surface area is 129 Å². The normalized spacial score (nSPS) is 21.1. The number of carbonyl (C=O) groups excluding carboxylic acids is 1. The van der Waals surface area contributed by atoms with Gasteiger partial charge in [-0.25, -0.2) is 5.43 Å². The molecule has 2 atom stereocenters. The van der Waals surface area contributed by atoms with E-state index < -0.39 is 0 Å². The van der Waals surface area contributed by atoms with Crippen molar-refractivity contribution in [2.45, 2.75) is 12.3 Å². The van der Waals surface area contributed by atoms with Crippen molar-refractivity contribution in [3.63, 3.8) is 0 Å². The van der Waals surface area contributed by atoms with Crippen LogP contribution in [-0.2, 0) is 4.79 Å². The first-order valence-electron chi connectivity index (χ1n) is 6.37. The van der Waals surface area contributed by atoms with E-state index in [2.05, 4.69) is 38.6 Å². The summed E-state index contributed by atoms with van der Waals surface area (Å²) in [7, 11) is 0. The molecule has 1 fully saturated rings. The zero-order valence-electron chi connectivity index (χ0n) is 10.6. The fourth-order valence-electron chi connectivity index (χ4n) is 2.19. The van der Waals surface area contributed by atoms with Crippen molar-refractivity contribution in [3.8, 4) is 0 Å². The number of hydrogen-bond acceptors (Lipinski definition) is 3. The molecule has 1 aliphatic rings. The molecule has 1 saturated carbocycles. The average molecular weight is 349 g/mol. The minimum absolute atomic E-state index is 0.00530. The predicted molar refractivity (Wildman–Crippen MR) is 85.0 cm³/mol. The summed E-state index contributed by atoms with van der Waals surface area (Å²) in [6.45, 7) is 0. The molecule has 1 aromatic carbocycles. The number of nitrogens with zero attached hydrogens (tertiary/aromatic N) is 1. The molecule has 20 heavy (non-hydrogen) atoms. The monoisotopic (exact) mass is 348 g/mol. The zero-order chi connectivity index (χ0) is 13.9. The van der Waals surface area contributed by atoms with Crippen LogP contribution in [0.2, 0.25) is 0 Å². The molecule has 1 heterocycles. The first-order valence-corrected chi connectivity index (χ1v) is 7.98. The summed E-state index contributed by atoms with van der Waals surface area (Å²) >= 11 is 4.97. The largest absolute Gasteiger partial charge is 0.273 e. The summed E-state index contributed by atoms with van der Waals surface area (Å²) in [5.41, 5.74) is 3.86. The van der Waals surface area contributed by atoms with E-state index in [1.807, 2.05) is 30.3 Å². The molecule has 3 nitrogen and oxygen atoms in total. The van der Waals surface area contributed by atoms with Gasteiger partial charge in [0.2, 0.25) is 5.91 Å². The molecule has 1 aliphatic carbocycles. The summed E-state index contributed by atoms with van der Waals surface area (Å²) in [4.78, 5) is 13.0. The van der Waals surface area contributed by atoms with Gasteiger partial charge < -0.3 is 0 Å². The van der Waals surface area contributed by atoms with Gasteiger partial charge in [-0.05, 0) is 46.0 Å². The number of carbonyl (C=O) groups is 1. The second-order valence-corrected chi connectivity index (χ2v) is 7.23. The number of thiophene rings is 1. The molecule has 0 bridgehead atoms. The van der Waals surface area contributed by atoms with Crippen LogP contribution < -0.4 is 5.43 Å². The minimum atomic E-state index is 0.00530. The highest BCUT2D eigenvalue weighted by Gasteiger charge is 2.43. The summed E-state index contributed by atoms with van der Waals surface area (Å²) < 4.78 is 1.05. The lowest BCUT2D eigenvalue weighted by Crippen LogP contribution is -2.19. The summed E-state index contributed by atoms with van der Waals surface area (Å²) in [5.74, 6) is 0.414. The molecule has 5 heteroatoms. The molecule has 2 aromatic rings. The molecule has 0 saturated heterocycles. The maximum atomic E-state index is 12.0. The molecule has 0 radical (unpaired) electrons. The van der Waals surface area contributed by atoms with Crippen molar-refractivity contribution in [1.82, 2.24) is 5.43 Å². The van der Waals surface area contributed by atoms with E-state index in [1.54, 1.807) is 17.6 Å². The van der Waals surface area contributed by atoms with Gasteiger partial charge in [-0.3, -0.25) is 4.79 Å². The number of nitrogens with one attached hydrogen (secondary N) is 1. The van der Waals surface area contributed by atoms with Gasteiger partial charge in [0.1, 0.15) is 0 Å². The molecular weight excluding hydrogens is 336 g/mol. The van der Waals surface area contributed by atoms with Gasteiger partial charge in [-0.2, -0.15) is 5.10 Å². The molecule has 1 aromatic heterocycles. The molecule has 0 unspecified atom stereocenters. The quantitative estimate of drug-likeness (QED) is 0.663. The Morgan fingerprint density at radius 2 is 2.10 bits per heavy atom. The van der Waals surface area contributed by atoms with Crippen molar-refractivity contribution >= 4 is 39.4 Å². The third kappa shape index (κ3) is 3.16. The Morgan fingerprint density at radius 1 is 1.30 bits per heavy atom. The highest BCUT2D eigenvalue weighted by molar-refractivity contribution is 9.11. The molecule has 0 spiro atoms. The van der Waals surface area contributed by atoms with Crippen LogP contribution in [-0.4, -0.2) is 12.1 Å². The van der Waals surface area contributed by atoms with Crippen LogP contribution in [0.25, 0.3) is 0 Å². The van der Waals surface area contributed by atoms with Gasteiger partial charge >= 0.3 is 0 Å². The fraction of sp³-hybridized carbons (Fsp3) is 0.200. The van der Waals surface area contributed by atoms with Gasteiger partial charge in [0.05, 0.1) is 10.0 Å². The van der Waals surface area contributed by atoms with Crippen LogP contribution in [0, 0.1) is 5.92 Å². The third-order valence-corrected chi connectivity index (χ3v) is 4.87. The second kappa shape index (κ2) is 5.89. The summed E-state index contributed by atoms with van der Waals surface area (Å²) in [6.07, 6.45) is 2.59. The highest BCUT2D eigenvalue weighted by atomic mass is 79.9. The number of rotatable bonds is 4. The third-order valence-electron chi connectivity index (χ3n) is 3.32. The first kappa shape index (κ1) is 13.5. The highest BCUT2D eigenvalue weighted by Crippen LogP contribution is 2.47. The Bertz CT molecular complexity index is 638. The van der Waals surface area contributed by atoms with Crippen molar-refractivity contribution in [1.29, 1.82) is 0 Å². The molecule has 1 N–H and O–H groups in total. The maximum absolute atomic E-state index is 12.0. The number of hydrogen-bond donors (Lipinski definition) is 1. The van der Waals surface area contributed by atoms with E-state index in [1.165, 1.54) is 5.56 Å². The molecule has 102 valence electrons. The molecule has 0 aliphatic heterocycles. The van der Waals surface area contributed by atoms with Crippen LogP contribution in [0.4, 0.5) is 0 Å². The Morgan fingerprint density at radius 3 is 2.80 bits per heavy atom. The zero-order valence-corrected chi connectivity index (χ0v) is 13.0. The number of hydrazone groups is 1. The number of halogens is 1. The van der Waals surface area contributed by atoms with Gasteiger partial charge in [-0.15, -0.1) is 11.3 Å². The minimum Gasteiger partial charge on any atom is -0.273 e. The topological polar surface area (TPSA) is 41.5 Å².